The van der Waals surface area contributed by atoms with E-state index in [0.29, 0.717) is 17.9 Å². The summed E-state index contributed by atoms with van der Waals surface area (Å²) in [6.07, 6.45) is 2.20. The highest BCUT2D eigenvalue weighted by atomic mass is 16.5. The van der Waals surface area contributed by atoms with E-state index >= 15 is 0 Å². The summed E-state index contributed by atoms with van der Waals surface area (Å²) in [7, 11) is 1.58. The lowest BCUT2D eigenvalue weighted by Gasteiger charge is -2.15. The zero-order valence-corrected chi connectivity index (χ0v) is 11.4. The number of para-hydroxylation sites is 1. The van der Waals surface area contributed by atoms with Crippen LogP contribution in [0.3, 0.4) is 0 Å². The van der Waals surface area contributed by atoms with Crippen LogP contribution in [0.2, 0.25) is 0 Å². The summed E-state index contributed by atoms with van der Waals surface area (Å²) in [6.45, 7) is 4.70. The van der Waals surface area contributed by atoms with Crippen molar-refractivity contribution in [3.05, 3.63) is 29.8 Å². The largest absolute Gasteiger partial charge is 0.493 e. The van der Waals surface area contributed by atoms with E-state index in [9.17, 15) is 4.79 Å². The molecule has 0 radical (unpaired) electrons. The SMILES string of the molecule is CCCOc1ccccc1C(=O)C(CCC)OC. The van der Waals surface area contributed by atoms with Crippen molar-refractivity contribution in [2.24, 2.45) is 0 Å². The molecule has 1 rings (SSSR count). The molecule has 0 saturated carbocycles. The highest BCUT2D eigenvalue weighted by molar-refractivity contribution is 6.01. The van der Waals surface area contributed by atoms with Crippen molar-refractivity contribution in [2.75, 3.05) is 13.7 Å². The summed E-state index contributed by atoms with van der Waals surface area (Å²) in [6, 6.07) is 7.37. The molecule has 1 aromatic rings. The fourth-order valence-electron chi connectivity index (χ4n) is 1.80. The number of carbonyl (C=O) groups is 1. The van der Waals surface area contributed by atoms with Crippen LogP contribution >= 0.6 is 0 Å². The number of ether oxygens (including phenoxy) is 2. The van der Waals surface area contributed by atoms with Crippen LogP contribution in [0, 0.1) is 0 Å². The maximum absolute atomic E-state index is 12.3. The van der Waals surface area contributed by atoms with Gasteiger partial charge in [0.15, 0.2) is 5.78 Å². The molecule has 1 atom stereocenters. The van der Waals surface area contributed by atoms with Gasteiger partial charge in [0.1, 0.15) is 11.9 Å². The summed E-state index contributed by atoms with van der Waals surface area (Å²) < 4.78 is 10.9. The topological polar surface area (TPSA) is 35.5 Å². The zero-order valence-electron chi connectivity index (χ0n) is 11.4. The van der Waals surface area contributed by atoms with Gasteiger partial charge in [0, 0.05) is 7.11 Å². The number of rotatable bonds is 8. The predicted octanol–water partition coefficient (Wildman–Crippen LogP) is 3.47. The van der Waals surface area contributed by atoms with E-state index in [2.05, 4.69) is 0 Å². The number of hydrogen-bond acceptors (Lipinski definition) is 3. The van der Waals surface area contributed by atoms with Crippen LogP contribution in [0.25, 0.3) is 0 Å². The van der Waals surface area contributed by atoms with Crippen molar-refractivity contribution in [1.29, 1.82) is 0 Å². The Morgan fingerprint density at radius 1 is 1.22 bits per heavy atom. The highest BCUT2D eigenvalue weighted by Crippen LogP contribution is 2.22. The minimum atomic E-state index is -0.374. The zero-order chi connectivity index (χ0) is 13.4. The number of Topliss-reactive ketones (excluding diaryl/α,β-unsaturated/α-hetero) is 1. The van der Waals surface area contributed by atoms with Crippen molar-refractivity contribution < 1.29 is 14.3 Å². The van der Waals surface area contributed by atoms with Gasteiger partial charge < -0.3 is 9.47 Å². The van der Waals surface area contributed by atoms with Gasteiger partial charge >= 0.3 is 0 Å². The molecule has 0 bridgehead atoms. The molecule has 0 fully saturated rings. The average molecular weight is 250 g/mol. The predicted molar refractivity (Wildman–Crippen MR) is 72.3 cm³/mol. The normalized spacial score (nSPS) is 12.2. The number of ketones is 1. The van der Waals surface area contributed by atoms with Crippen LogP contribution in [0.15, 0.2) is 24.3 Å². The average Bonchev–Trinajstić information content (AvgIpc) is 2.42. The Labute approximate surface area is 109 Å². The maximum atomic E-state index is 12.3. The van der Waals surface area contributed by atoms with Crippen molar-refractivity contribution in [1.82, 2.24) is 0 Å². The molecule has 0 heterocycles. The Morgan fingerprint density at radius 3 is 2.56 bits per heavy atom. The molecule has 0 spiro atoms. The van der Waals surface area contributed by atoms with Gasteiger partial charge in [-0.15, -0.1) is 0 Å². The minimum Gasteiger partial charge on any atom is -0.493 e. The summed E-state index contributed by atoms with van der Waals surface area (Å²) in [4.78, 5) is 12.3. The monoisotopic (exact) mass is 250 g/mol. The van der Waals surface area contributed by atoms with Crippen LogP contribution in [0.5, 0.6) is 5.75 Å². The summed E-state index contributed by atoms with van der Waals surface area (Å²) in [5.41, 5.74) is 0.617. The van der Waals surface area contributed by atoms with E-state index in [4.69, 9.17) is 9.47 Å². The summed E-state index contributed by atoms with van der Waals surface area (Å²) in [5.74, 6) is 0.661. The third kappa shape index (κ3) is 3.84. The van der Waals surface area contributed by atoms with Gasteiger partial charge in [-0.05, 0) is 25.0 Å². The van der Waals surface area contributed by atoms with Crippen molar-refractivity contribution in [3.63, 3.8) is 0 Å². The number of carbonyl (C=O) groups excluding carboxylic acids is 1. The van der Waals surface area contributed by atoms with Crippen LogP contribution in [0.4, 0.5) is 0 Å². The number of hydrogen-bond donors (Lipinski definition) is 0. The first-order valence-corrected chi connectivity index (χ1v) is 6.53. The van der Waals surface area contributed by atoms with Gasteiger partial charge in [0.2, 0.25) is 0 Å². The van der Waals surface area contributed by atoms with E-state index in [-0.39, 0.29) is 11.9 Å². The van der Waals surface area contributed by atoms with E-state index in [1.165, 1.54) is 0 Å². The fraction of sp³-hybridized carbons (Fsp3) is 0.533. The first-order valence-electron chi connectivity index (χ1n) is 6.53. The molecular weight excluding hydrogens is 228 g/mol. The molecule has 0 N–H and O–H groups in total. The molecule has 0 aliphatic heterocycles. The quantitative estimate of drug-likeness (QED) is 0.663. The van der Waals surface area contributed by atoms with Crippen molar-refractivity contribution in [3.8, 4) is 5.75 Å². The Kier molecular flexibility index (Phi) is 6.44. The molecule has 3 heteroatoms. The smallest absolute Gasteiger partial charge is 0.195 e. The number of benzene rings is 1. The summed E-state index contributed by atoms with van der Waals surface area (Å²) in [5, 5.41) is 0. The maximum Gasteiger partial charge on any atom is 0.195 e. The van der Waals surface area contributed by atoms with Gasteiger partial charge in [-0.1, -0.05) is 32.4 Å². The van der Waals surface area contributed by atoms with Gasteiger partial charge in [-0.25, -0.2) is 0 Å². The Balaban J connectivity index is 2.89. The Morgan fingerprint density at radius 2 is 1.94 bits per heavy atom. The molecular formula is C15H22O3. The molecule has 1 unspecified atom stereocenters. The lowest BCUT2D eigenvalue weighted by molar-refractivity contribution is 0.0575. The van der Waals surface area contributed by atoms with Crippen LogP contribution in [-0.4, -0.2) is 25.6 Å². The third-order valence-electron chi connectivity index (χ3n) is 2.74. The molecule has 0 aliphatic rings. The highest BCUT2D eigenvalue weighted by Gasteiger charge is 2.21. The molecule has 0 amide bonds. The van der Waals surface area contributed by atoms with Gasteiger partial charge in [0.25, 0.3) is 0 Å². The number of methoxy groups -OCH3 is 1. The summed E-state index contributed by atoms with van der Waals surface area (Å²) >= 11 is 0. The van der Waals surface area contributed by atoms with Crippen molar-refractivity contribution >= 4 is 5.78 Å². The second kappa shape index (κ2) is 7.88. The lowest BCUT2D eigenvalue weighted by atomic mass is 10.0. The molecule has 1 aromatic carbocycles. The molecule has 0 aromatic heterocycles. The Bertz CT molecular complexity index is 374. The van der Waals surface area contributed by atoms with Crippen LogP contribution < -0.4 is 4.74 Å². The first kappa shape index (κ1) is 14.7. The van der Waals surface area contributed by atoms with E-state index in [1.807, 2.05) is 32.0 Å². The standard InChI is InChI=1S/C15H22O3/c1-4-8-14(17-3)15(16)12-9-6-7-10-13(12)18-11-5-2/h6-7,9-10,14H,4-5,8,11H2,1-3H3. The molecule has 0 aliphatic carbocycles. The molecule has 3 nitrogen and oxygen atoms in total. The van der Waals surface area contributed by atoms with Gasteiger partial charge in [-0.3, -0.25) is 4.79 Å². The van der Waals surface area contributed by atoms with E-state index < -0.39 is 0 Å². The second-order valence-electron chi connectivity index (χ2n) is 4.22. The second-order valence-corrected chi connectivity index (χ2v) is 4.22. The Hall–Kier alpha value is -1.35. The molecule has 100 valence electrons. The minimum absolute atomic E-state index is 0.00560. The van der Waals surface area contributed by atoms with Gasteiger partial charge in [0.05, 0.1) is 12.2 Å². The fourth-order valence-corrected chi connectivity index (χ4v) is 1.80. The van der Waals surface area contributed by atoms with E-state index in [1.54, 1.807) is 13.2 Å². The lowest BCUT2D eigenvalue weighted by Crippen LogP contribution is -2.23. The van der Waals surface area contributed by atoms with Crippen LogP contribution in [0.1, 0.15) is 43.5 Å². The van der Waals surface area contributed by atoms with Crippen molar-refractivity contribution in [2.45, 2.75) is 39.2 Å². The first-order chi connectivity index (χ1) is 8.74. The third-order valence-corrected chi connectivity index (χ3v) is 2.74. The van der Waals surface area contributed by atoms with E-state index in [0.717, 1.165) is 19.3 Å². The molecule has 0 saturated heterocycles. The van der Waals surface area contributed by atoms with Gasteiger partial charge in [-0.2, -0.15) is 0 Å². The molecule has 18 heavy (non-hydrogen) atoms. The van der Waals surface area contributed by atoms with Crippen LogP contribution in [-0.2, 0) is 4.74 Å².